The van der Waals surface area contributed by atoms with Crippen molar-refractivity contribution in [1.29, 1.82) is 0 Å². The number of hydrogen-bond donors (Lipinski definition) is 3. The third kappa shape index (κ3) is 1.62. The summed E-state index contributed by atoms with van der Waals surface area (Å²) < 4.78 is 7.06. The van der Waals surface area contributed by atoms with Crippen LogP contribution in [0.3, 0.4) is 0 Å². The van der Waals surface area contributed by atoms with Crippen molar-refractivity contribution in [1.82, 2.24) is 19.7 Å². The fraction of sp³-hybridized carbons (Fsp3) is 0.500. The summed E-state index contributed by atoms with van der Waals surface area (Å²) in [4.78, 5) is 7.98. The van der Waals surface area contributed by atoms with Crippen molar-refractivity contribution in [2.24, 2.45) is 0 Å². The lowest BCUT2D eigenvalue weighted by Crippen LogP contribution is -2.24. The molecule has 0 saturated carbocycles. The predicted octanol–water partition coefficient (Wildman–Crippen LogP) is -0.951. The van der Waals surface area contributed by atoms with Crippen molar-refractivity contribution in [3.05, 3.63) is 12.5 Å². The van der Waals surface area contributed by atoms with Crippen LogP contribution in [0.2, 0.25) is 0 Å². The highest BCUT2D eigenvalue weighted by atomic mass is 16.5. The zero-order chi connectivity index (χ0) is 12.7. The first kappa shape index (κ1) is 11.3. The molecule has 1 fully saturated rings. The highest BCUT2D eigenvalue weighted by Gasteiger charge is 2.35. The second-order valence-electron chi connectivity index (χ2n) is 4.20. The molecule has 0 unspecified atom stereocenters. The Labute approximate surface area is 102 Å². The molecule has 1 aliphatic rings. The Hall–Kier alpha value is -1.77. The summed E-state index contributed by atoms with van der Waals surface area (Å²) in [6, 6.07) is 0. The summed E-state index contributed by atoms with van der Waals surface area (Å²) in [5.74, 6) is 0.350. The third-order valence-corrected chi connectivity index (χ3v) is 3.08. The molecular weight excluding hydrogens is 238 g/mol. The van der Waals surface area contributed by atoms with Gasteiger partial charge >= 0.3 is 0 Å². The van der Waals surface area contributed by atoms with Crippen LogP contribution in [-0.4, -0.2) is 48.8 Å². The molecule has 4 N–H and O–H groups in total. The first-order valence-electron chi connectivity index (χ1n) is 5.58. The molecule has 0 radical (unpaired) electrons. The highest BCUT2D eigenvalue weighted by molar-refractivity contribution is 5.84. The molecule has 0 bridgehead atoms. The van der Waals surface area contributed by atoms with E-state index in [0.29, 0.717) is 23.3 Å². The molecular formula is C10H13N5O3. The third-order valence-electron chi connectivity index (χ3n) is 3.08. The maximum absolute atomic E-state index is 9.70. The zero-order valence-electron chi connectivity index (χ0n) is 9.47. The number of nitrogens with zero attached hydrogens (tertiary/aromatic N) is 4. The van der Waals surface area contributed by atoms with E-state index in [2.05, 4.69) is 15.1 Å². The van der Waals surface area contributed by atoms with E-state index in [-0.39, 0.29) is 6.61 Å². The van der Waals surface area contributed by atoms with Gasteiger partial charge in [-0.25, -0.2) is 14.6 Å². The number of fused-ring (bicyclic) bond motifs is 1. The molecule has 18 heavy (non-hydrogen) atoms. The van der Waals surface area contributed by atoms with E-state index >= 15 is 0 Å². The topological polar surface area (TPSA) is 119 Å². The van der Waals surface area contributed by atoms with Crippen molar-refractivity contribution in [2.75, 3.05) is 12.3 Å². The fourth-order valence-corrected chi connectivity index (χ4v) is 2.12. The monoisotopic (exact) mass is 251 g/mol. The molecule has 1 saturated heterocycles. The summed E-state index contributed by atoms with van der Waals surface area (Å²) in [7, 11) is 0. The lowest BCUT2D eigenvalue weighted by molar-refractivity contribution is -0.0470. The quantitative estimate of drug-likeness (QED) is 0.629. The Balaban J connectivity index is 1.99. The smallest absolute Gasteiger partial charge is 0.165 e. The van der Waals surface area contributed by atoms with Gasteiger partial charge < -0.3 is 20.7 Å². The number of aliphatic hydroxyl groups is 2. The van der Waals surface area contributed by atoms with Gasteiger partial charge in [-0.3, -0.25) is 0 Å². The van der Waals surface area contributed by atoms with Crippen LogP contribution in [0, 0.1) is 0 Å². The number of ether oxygens (including phenoxy) is 1. The second-order valence-corrected chi connectivity index (χ2v) is 4.20. The van der Waals surface area contributed by atoms with Gasteiger partial charge in [0.25, 0.3) is 0 Å². The Morgan fingerprint density at radius 3 is 3.06 bits per heavy atom. The number of aromatic nitrogens is 4. The molecule has 0 aromatic carbocycles. The Kier molecular flexibility index (Phi) is 2.62. The van der Waals surface area contributed by atoms with E-state index in [9.17, 15) is 5.11 Å². The highest BCUT2D eigenvalue weighted by Crippen LogP contribution is 2.30. The van der Waals surface area contributed by atoms with Gasteiger partial charge in [0, 0.05) is 6.42 Å². The molecule has 8 nitrogen and oxygen atoms in total. The molecule has 0 aliphatic carbocycles. The number of nitrogens with two attached hydrogens (primary N) is 1. The maximum atomic E-state index is 9.70. The molecule has 3 atom stereocenters. The number of anilines is 1. The lowest BCUT2D eigenvalue weighted by atomic mass is 10.2. The van der Waals surface area contributed by atoms with Crippen LogP contribution in [0.1, 0.15) is 12.6 Å². The van der Waals surface area contributed by atoms with Crippen molar-refractivity contribution < 1.29 is 14.9 Å². The Morgan fingerprint density at radius 1 is 1.50 bits per heavy atom. The minimum Gasteiger partial charge on any atom is -0.394 e. The van der Waals surface area contributed by atoms with Crippen LogP contribution < -0.4 is 5.73 Å². The first-order valence-corrected chi connectivity index (χ1v) is 5.58. The normalized spacial score (nSPS) is 28.0. The first-order chi connectivity index (χ1) is 8.70. The van der Waals surface area contributed by atoms with Gasteiger partial charge in [-0.15, -0.1) is 0 Å². The van der Waals surface area contributed by atoms with E-state index in [0.717, 1.165) is 0 Å². The summed E-state index contributed by atoms with van der Waals surface area (Å²) in [6.07, 6.45) is 1.51. The molecule has 3 heterocycles. The molecule has 3 rings (SSSR count). The van der Waals surface area contributed by atoms with Gasteiger partial charge in [-0.2, -0.15) is 5.10 Å². The van der Waals surface area contributed by atoms with E-state index in [4.69, 9.17) is 15.6 Å². The van der Waals surface area contributed by atoms with E-state index in [1.807, 2.05) is 0 Å². The van der Waals surface area contributed by atoms with Crippen LogP contribution in [-0.2, 0) is 4.74 Å². The molecule has 0 spiro atoms. The van der Waals surface area contributed by atoms with Gasteiger partial charge in [0.15, 0.2) is 11.9 Å². The average molecular weight is 251 g/mol. The van der Waals surface area contributed by atoms with E-state index in [1.54, 1.807) is 10.9 Å². The van der Waals surface area contributed by atoms with Crippen LogP contribution >= 0.6 is 0 Å². The molecule has 96 valence electrons. The number of aliphatic hydroxyl groups excluding tert-OH is 2. The largest absolute Gasteiger partial charge is 0.394 e. The Morgan fingerprint density at radius 2 is 2.33 bits per heavy atom. The van der Waals surface area contributed by atoms with Crippen molar-refractivity contribution in [2.45, 2.75) is 24.9 Å². The molecule has 2 aromatic heterocycles. The van der Waals surface area contributed by atoms with Gasteiger partial charge in [-0.05, 0) is 0 Å². The number of hydrogen-bond acceptors (Lipinski definition) is 7. The maximum Gasteiger partial charge on any atom is 0.165 e. The number of nitrogen functional groups attached to an aromatic ring is 1. The summed E-state index contributed by atoms with van der Waals surface area (Å²) in [6.45, 7) is -0.228. The SMILES string of the molecule is Nc1ncnc2c1cnn2[C@@H]1C[C@H](O)[C@H](CO)O1. The van der Waals surface area contributed by atoms with Gasteiger partial charge in [0.1, 0.15) is 18.2 Å². The van der Waals surface area contributed by atoms with Crippen molar-refractivity contribution in [3.63, 3.8) is 0 Å². The van der Waals surface area contributed by atoms with Gasteiger partial charge in [0.05, 0.1) is 24.3 Å². The average Bonchev–Trinajstić information content (AvgIpc) is 2.93. The minimum atomic E-state index is -0.710. The Bertz CT molecular complexity index is 572. The molecule has 0 amide bonds. The van der Waals surface area contributed by atoms with Gasteiger partial charge in [0.2, 0.25) is 0 Å². The fourth-order valence-electron chi connectivity index (χ4n) is 2.12. The van der Waals surface area contributed by atoms with Crippen LogP contribution in [0.25, 0.3) is 11.0 Å². The summed E-state index contributed by atoms with van der Waals surface area (Å²) in [5.41, 5.74) is 6.27. The predicted molar refractivity (Wildman–Crippen MR) is 61.4 cm³/mol. The van der Waals surface area contributed by atoms with E-state index < -0.39 is 18.4 Å². The van der Waals surface area contributed by atoms with Crippen LogP contribution in [0.15, 0.2) is 12.5 Å². The van der Waals surface area contributed by atoms with Crippen molar-refractivity contribution in [3.8, 4) is 0 Å². The number of rotatable bonds is 2. The molecule has 2 aromatic rings. The second kappa shape index (κ2) is 4.16. The van der Waals surface area contributed by atoms with Gasteiger partial charge in [-0.1, -0.05) is 0 Å². The minimum absolute atomic E-state index is 0.228. The molecule has 8 heteroatoms. The summed E-state index contributed by atoms with van der Waals surface area (Å²) >= 11 is 0. The standard InChI is InChI=1S/C10H13N5O3/c11-9-5-2-14-15(10(5)13-4-12-9)8-1-6(17)7(3-16)18-8/h2,4,6-8,16-17H,1,3H2,(H2,11,12,13)/t6-,7-,8-/m0/s1. The lowest BCUT2D eigenvalue weighted by Gasteiger charge is -2.12. The van der Waals surface area contributed by atoms with Crippen molar-refractivity contribution >= 4 is 16.9 Å². The van der Waals surface area contributed by atoms with Crippen LogP contribution in [0.4, 0.5) is 5.82 Å². The van der Waals surface area contributed by atoms with E-state index in [1.165, 1.54) is 6.33 Å². The van der Waals surface area contributed by atoms with Crippen LogP contribution in [0.5, 0.6) is 0 Å². The zero-order valence-corrected chi connectivity index (χ0v) is 9.47. The summed E-state index contributed by atoms with van der Waals surface area (Å²) in [5, 5.41) is 23.5. The molecule has 1 aliphatic heterocycles.